The summed E-state index contributed by atoms with van der Waals surface area (Å²) in [6.45, 7) is 2.41. The molecule has 0 unspecified atom stereocenters. The minimum atomic E-state index is -0.0990. The first-order valence-electron chi connectivity index (χ1n) is 7.39. The van der Waals surface area contributed by atoms with E-state index >= 15 is 0 Å². The Hall–Kier alpha value is -1.88. The molecule has 1 heterocycles. The van der Waals surface area contributed by atoms with E-state index in [0.29, 0.717) is 6.61 Å². The van der Waals surface area contributed by atoms with Gasteiger partial charge >= 0.3 is 5.97 Å². The van der Waals surface area contributed by atoms with Crippen LogP contribution in [-0.4, -0.2) is 24.7 Å². The van der Waals surface area contributed by atoms with Crippen LogP contribution in [0.25, 0.3) is 0 Å². The average molecular weight is 317 g/mol. The van der Waals surface area contributed by atoms with E-state index in [0.717, 1.165) is 29.8 Å². The zero-order chi connectivity index (χ0) is 15.5. The maximum atomic E-state index is 12.1. The molecule has 1 aliphatic carbocycles. The molecule has 1 aliphatic rings. The fourth-order valence-electron chi connectivity index (χ4n) is 2.69. The van der Waals surface area contributed by atoms with Crippen molar-refractivity contribution >= 4 is 17.3 Å². The number of esters is 1. The van der Waals surface area contributed by atoms with Gasteiger partial charge in [-0.25, -0.2) is 4.98 Å². The van der Waals surface area contributed by atoms with E-state index in [2.05, 4.69) is 4.98 Å². The average Bonchev–Trinajstić information content (AvgIpc) is 3.24. The SMILES string of the molecule is COc1ccccc1[C@@H]1C[C@@H]1C(=O)OCCc1scnc1C. The Balaban J connectivity index is 1.51. The van der Waals surface area contributed by atoms with E-state index < -0.39 is 0 Å². The first-order chi connectivity index (χ1) is 10.7. The molecule has 3 rings (SSSR count). The first-order valence-corrected chi connectivity index (χ1v) is 8.27. The second kappa shape index (κ2) is 6.48. The van der Waals surface area contributed by atoms with Gasteiger partial charge in [-0.05, 0) is 25.0 Å². The number of nitrogens with zero attached hydrogens (tertiary/aromatic N) is 1. The van der Waals surface area contributed by atoms with Gasteiger partial charge in [-0.3, -0.25) is 4.79 Å². The number of carbonyl (C=O) groups is 1. The van der Waals surface area contributed by atoms with Crippen LogP contribution in [0.2, 0.25) is 0 Å². The Labute approximate surface area is 134 Å². The van der Waals surface area contributed by atoms with Gasteiger partial charge < -0.3 is 9.47 Å². The van der Waals surface area contributed by atoms with Gasteiger partial charge in [0.2, 0.25) is 0 Å². The summed E-state index contributed by atoms with van der Waals surface area (Å²) in [5.74, 6) is 0.953. The van der Waals surface area contributed by atoms with Crippen LogP contribution in [0.4, 0.5) is 0 Å². The van der Waals surface area contributed by atoms with Crippen LogP contribution in [0.1, 0.15) is 28.5 Å². The highest BCUT2D eigenvalue weighted by molar-refractivity contribution is 7.09. The van der Waals surface area contributed by atoms with Crippen LogP contribution < -0.4 is 4.74 Å². The van der Waals surface area contributed by atoms with Crippen molar-refractivity contribution in [3.8, 4) is 5.75 Å². The highest BCUT2D eigenvalue weighted by Gasteiger charge is 2.46. The molecule has 5 heteroatoms. The Kier molecular flexibility index (Phi) is 4.43. The summed E-state index contributed by atoms with van der Waals surface area (Å²) in [6.07, 6.45) is 1.59. The molecule has 0 spiro atoms. The maximum absolute atomic E-state index is 12.1. The lowest BCUT2D eigenvalue weighted by Gasteiger charge is -2.08. The largest absolute Gasteiger partial charge is 0.496 e. The zero-order valence-corrected chi connectivity index (χ0v) is 13.6. The van der Waals surface area contributed by atoms with E-state index in [1.807, 2.05) is 36.7 Å². The monoisotopic (exact) mass is 317 g/mol. The van der Waals surface area contributed by atoms with E-state index in [1.54, 1.807) is 18.4 Å². The van der Waals surface area contributed by atoms with Gasteiger partial charge in [0.05, 0.1) is 30.8 Å². The Morgan fingerprint density at radius 2 is 2.23 bits per heavy atom. The normalized spacial score (nSPS) is 19.7. The number of benzene rings is 1. The van der Waals surface area contributed by atoms with Crippen molar-refractivity contribution in [3.05, 3.63) is 45.9 Å². The van der Waals surface area contributed by atoms with Gasteiger partial charge in [0.25, 0.3) is 0 Å². The molecule has 0 saturated heterocycles. The summed E-state index contributed by atoms with van der Waals surface area (Å²) in [4.78, 5) is 17.5. The molecule has 0 N–H and O–H groups in total. The highest BCUT2D eigenvalue weighted by Crippen LogP contribution is 2.50. The lowest BCUT2D eigenvalue weighted by molar-refractivity contribution is -0.145. The van der Waals surface area contributed by atoms with Gasteiger partial charge in [0.1, 0.15) is 5.75 Å². The number of aromatic nitrogens is 1. The number of methoxy groups -OCH3 is 1. The lowest BCUT2D eigenvalue weighted by atomic mass is 10.1. The smallest absolute Gasteiger partial charge is 0.309 e. The molecule has 1 aromatic carbocycles. The molecule has 0 bridgehead atoms. The Bertz CT molecular complexity index is 667. The van der Waals surface area contributed by atoms with Crippen molar-refractivity contribution < 1.29 is 14.3 Å². The summed E-state index contributed by atoms with van der Waals surface area (Å²) >= 11 is 1.61. The van der Waals surface area contributed by atoms with Crippen molar-refractivity contribution in [2.75, 3.05) is 13.7 Å². The zero-order valence-electron chi connectivity index (χ0n) is 12.7. The third kappa shape index (κ3) is 3.14. The van der Waals surface area contributed by atoms with Crippen LogP contribution in [0, 0.1) is 12.8 Å². The summed E-state index contributed by atoms with van der Waals surface area (Å²) < 4.78 is 10.8. The molecule has 22 heavy (non-hydrogen) atoms. The van der Waals surface area contributed by atoms with Crippen molar-refractivity contribution in [3.63, 3.8) is 0 Å². The molecule has 2 atom stereocenters. The third-order valence-corrected chi connectivity index (χ3v) is 5.04. The Morgan fingerprint density at radius 3 is 2.95 bits per heavy atom. The van der Waals surface area contributed by atoms with Gasteiger partial charge in [0.15, 0.2) is 0 Å². The fourth-order valence-corrected chi connectivity index (χ4v) is 3.45. The first kappa shape index (κ1) is 15.0. The fraction of sp³-hybridized carbons (Fsp3) is 0.412. The van der Waals surface area contributed by atoms with E-state index in [-0.39, 0.29) is 17.8 Å². The van der Waals surface area contributed by atoms with Gasteiger partial charge in [-0.15, -0.1) is 11.3 Å². The molecule has 0 radical (unpaired) electrons. The molecule has 1 aromatic heterocycles. The number of rotatable bonds is 6. The molecule has 1 fully saturated rings. The summed E-state index contributed by atoms with van der Waals surface area (Å²) in [5, 5.41) is 0. The number of hydrogen-bond donors (Lipinski definition) is 0. The minimum absolute atomic E-state index is 0.0288. The minimum Gasteiger partial charge on any atom is -0.496 e. The number of carbonyl (C=O) groups excluding carboxylic acids is 1. The predicted molar refractivity (Wildman–Crippen MR) is 85.4 cm³/mol. The summed E-state index contributed by atoms with van der Waals surface area (Å²) in [5.41, 5.74) is 3.95. The van der Waals surface area contributed by atoms with Crippen LogP contribution in [0.3, 0.4) is 0 Å². The number of hydrogen-bond acceptors (Lipinski definition) is 5. The standard InChI is InChI=1S/C17H19NO3S/c1-11-16(22-10-18-11)7-8-21-17(19)14-9-13(14)12-5-3-4-6-15(12)20-2/h3-6,10,13-14H,7-9H2,1-2H3/t13-,14-/m0/s1. The number of thiazole rings is 1. The molecule has 4 nitrogen and oxygen atoms in total. The predicted octanol–water partition coefficient (Wildman–Crippen LogP) is 3.35. The van der Waals surface area contributed by atoms with Crippen molar-refractivity contribution in [1.29, 1.82) is 0 Å². The van der Waals surface area contributed by atoms with Crippen LogP contribution >= 0.6 is 11.3 Å². The highest BCUT2D eigenvalue weighted by atomic mass is 32.1. The second-order valence-corrected chi connectivity index (χ2v) is 6.41. The third-order valence-electron chi connectivity index (χ3n) is 4.05. The molecule has 0 amide bonds. The molecule has 1 saturated carbocycles. The number of aryl methyl sites for hydroxylation is 1. The van der Waals surface area contributed by atoms with E-state index in [1.165, 1.54) is 4.88 Å². The number of para-hydroxylation sites is 1. The van der Waals surface area contributed by atoms with Crippen LogP contribution in [-0.2, 0) is 16.0 Å². The molecular weight excluding hydrogens is 298 g/mol. The quantitative estimate of drug-likeness (QED) is 0.767. The van der Waals surface area contributed by atoms with Crippen LogP contribution in [0.15, 0.2) is 29.8 Å². The number of ether oxygens (including phenoxy) is 2. The van der Waals surface area contributed by atoms with Crippen molar-refractivity contribution in [2.24, 2.45) is 5.92 Å². The lowest BCUT2D eigenvalue weighted by Crippen LogP contribution is -2.10. The van der Waals surface area contributed by atoms with E-state index in [4.69, 9.17) is 9.47 Å². The van der Waals surface area contributed by atoms with Gasteiger partial charge in [-0.1, -0.05) is 18.2 Å². The van der Waals surface area contributed by atoms with Crippen LogP contribution in [0.5, 0.6) is 5.75 Å². The Morgan fingerprint density at radius 1 is 1.41 bits per heavy atom. The second-order valence-electron chi connectivity index (χ2n) is 5.47. The molecule has 0 aliphatic heterocycles. The van der Waals surface area contributed by atoms with Gasteiger partial charge in [-0.2, -0.15) is 0 Å². The summed E-state index contributed by atoms with van der Waals surface area (Å²) in [7, 11) is 1.66. The summed E-state index contributed by atoms with van der Waals surface area (Å²) in [6, 6.07) is 7.88. The topological polar surface area (TPSA) is 48.4 Å². The maximum Gasteiger partial charge on any atom is 0.309 e. The van der Waals surface area contributed by atoms with E-state index in [9.17, 15) is 4.79 Å². The molecular formula is C17H19NO3S. The van der Waals surface area contributed by atoms with Gasteiger partial charge in [0, 0.05) is 17.2 Å². The van der Waals surface area contributed by atoms with Crippen molar-refractivity contribution in [1.82, 2.24) is 4.98 Å². The van der Waals surface area contributed by atoms with Crippen molar-refractivity contribution in [2.45, 2.75) is 25.7 Å². The molecule has 116 valence electrons. The molecule has 2 aromatic rings.